The fourth-order valence-electron chi connectivity index (χ4n) is 2.67. The molecule has 0 aromatic carbocycles. The van der Waals surface area contributed by atoms with Crippen molar-refractivity contribution in [1.29, 1.82) is 0 Å². The molecule has 0 radical (unpaired) electrons. The maximum Gasteiger partial charge on any atom is 0.248 e. The van der Waals surface area contributed by atoms with Crippen molar-refractivity contribution >= 4 is 5.91 Å². The number of rotatable bonds is 4. The highest BCUT2D eigenvalue weighted by Gasteiger charge is 2.41. The summed E-state index contributed by atoms with van der Waals surface area (Å²) >= 11 is 0. The second-order valence-electron chi connectivity index (χ2n) is 4.99. The van der Waals surface area contributed by atoms with Crippen LogP contribution in [0.5, 0.6) is 0 Å². The zero-order valence-corrected chi connectivity index (χ0v) is 11.2. The average molecular weight is 274 g/mol. The molecule has 2 aromatic heterocycles. The molecule has 0 atom stereocenters. The number of nitrogens with zero attached hydrogens (tertiary/aromatic N) is 2. The van der Waals surface area contributed by atoms with E-state index in [4.69, 9.17) is 4.42 Å². The van der Waals surface area contributed by atoms with Crippen LogP contribution in [0.1, 0.15) is 18.6 Å². The molecule has 2 aromatic rings. The molecular weight excluding hydrogens is 256 g/mol. The number of aromatic nitrogens is 2. The van der Waals surface area contributed by atoms with Crippen molar-refractivity contribution < 1.29 is 9.21 Å². The number of carbonyl (C=O) groups is 1. The van der Waals surface area contributed by atoms with Crippen LogP contribution in [0.3, 0.4) is 0 Å². The van der Waals surface area contributed by atoms with Gasteiger partial charge in [-0.05, 0) is 44.1 Å². The molecule has 3 heterocycles. The second kappa shape index (κ2) is 5.50. The van der Waals surface area contributed by atoms with Gasteiger partial charge in [0, 0.05) is 12.4 Å². The first-order valence-corrected chi connectivity index (χ1v) is 6.83. The smallest absolute Gasteiger partial charge is 0.248 e. The van der Waals surface area contributed by atoms with E-state index < -0.39 is 5.54 Å². The third kappa shape index (κ3) is 2.34. The van der Waals surface area contributed by atoms with Crippen molar-refractivity contribution in [3.8, 4) is 0 Å². The van der Waals surface area contributed by atoms with E-state index in [0.717, 1.165) is 31.7 Å². The summed E-state index contributed by atoms with van der Waals surface area (Å²) in [5, 5.41) is 10.5. The van der Waals surface area contributed by atoms with Gasteiger partial charge in [0.05, 0.1) is 12.8 Å². The minimum Gasteiger partial charge on any atom is -0.467 e. The Hall–Kier alpha value is -2.08. The van der Waals surface area contributed by atoms with Crippen molar-refractivity contribution in [2.75, 3.05) is 13.1 Å². The van der Waals surface area contributed by atoms with Gasteiger partial charge in [0.1, 0.15) is 11.3 Å². The Morgan fingerprint density at radius 3 is 2.95 bits per heavy atom. The summed E-state index contributed by atoms with van der Waals surface area (Å²) in [5.74, 6) is 0.752. The molecule has 0 saturated carbocycles. The first-order valence-electron chi connectivity index (χ1n) is 6.83. The predicted octanol–water partition coefficient (Wildman–Crippen LogP) is 0.871. The van der Waals surface area contributed by atoms with Gasteiger partial charge in [-0.3, -0.25) is 9.48 Å². The second-order valence-corrected chi connectivity index (χ2v) is 4.99. The maximum absolute atomic E-state index is 12.7. The van der Waals surface area contributed by atoms with Gasteiger partial charge in [-0.15, -0.1) is 0 Å². The Kier molecular flexibility index (Phi) is 3.56. The molecule has 1 saturated heterocycles. The fourth-order valence-corrected chi connectivity index (χ4v) is 2.67. The van der Waals surface area contributed by atoms with Crippen molar-refractivity contribution in [3.05, 3.63) is 42.6 Å². The van der Waals surface area contributed by atoms with E-state index >= 15 is 0 Å². The molecule has 3 rings (SSSR count). The third-order valence-corrected chi connectivity index (χ3v) is 3.80. The largest absolute Gasteiger partial charge is 0.467 e. The molecule has 1 aliphatic rings. The van der Waals surface area contributed by atoms with Crippen LogP contribution in [-0.2, 0) is 16.9 Å². The molecule has 1 amide bonds. The Balaban J connectivity index is 1.77. The molecule has 6 heteroatoms. The highest BCUT2D eigenvalue weighted by molar-refractivity contribution is 5.84. The number of nitrogens with one attached hydrogen (secondary N) is 2. The maximum atomic E-state index is 12.7. The molecule has 0 bridgehead atoms. The lowest BCUT2D eigenvalue weighted by Crippen LogP contribution is -2.54. The summed E-state index contributed by atoms with van der Waals surface area (Å²) in [6.45, 7) is 2.03. The van der Waals surface area contributed by atoms with Crippen LogP contribution in [-0.4, -0.2) is 28.8 Å². The van der Waals surface area contributed by atoms with E-state index in [-0.39, 0.29) is 5.91 Å². The van der Waals surface area contributed by atoms with Crippen LogP contribution in [0.2, 0.25) is 0 Å². The number of hydrogen-bond acceptors (Lipinski definition) is 4. The molecule has 0 spiro atoms. The minimum atomic E-state index is -0.596. The van der Waals surface area contributed by atoms with Crippen molar-refractivity contribution in [1.82, 2.24) is 20.4 Å². The Morgan fingerprint density at radius 2 is 2.30 bits per heavy atom. The van der Waals surface area contributed by atoms with Crippen LogP contribution in [0.25, 0.3) is 0 Å². The summed E-state index contributed by atoms with van der Waals surface area (Å²) in [6.07, 6.45) is 6.65. The number of carbonyl (C=O) groups excluding carboxylic acids is 1. The first kappa shape index (κ1) is 12.9. The summed E-state index contributed by atoms with van der Waals surface area (Å²) in [7, 11) is 0. The molecule has 6 nitrogen and oxygen atoms in total. The van der Waals surface area contributed by atoms with Crippen LogP contribution in [0, 0.1) is 0 Å². The quantitative estimate of drug-likeness (QED) is 0.868. The van der Waals surface area contributed by atoms with Crippen molar-refractivity contribution in [2.24, 2.45) is 0 Å². The summed E-state index contributed by atoms with van der Waals surface area (Å²) < 4.78 is 7.03. The van der Waals surface area contributed by atoms with E-state index in [1.165, 1.54) is 0 Å². The molecule has 106 valence electrons. The van der Waals surface area contributed by atoms with Crippen LogP contribution >= 0.6 is 0 Å². The molecular formula is C14H18N4O2. The van der Waals surface area contributed by atoms with E-state index in [1.807, 2.05) is 24.4 Å². The highest BCUT2D eigenvalue weighted by atomic mass is 16.3. The van der Waals surface area contributed by atoms with Gasteiger partial charge in [0.15, 0.2) is 0 Å². The lowest BCUT2D eigenvalue weighted by atomic mass is 9.87. The summed E-state index contributed by atoms with van der Waals surface area (Å²) in [4.78, 5) is 12.7. The lowest BCUT2D eigenvalue weighted by Gasteiger charge is -2.36. The highest BCUT2D eigenvalue weighted by Crippen LogP contribution is 2.27. The van der Waals surface area contributed by atoms with E-state index in [2.05, 4.69) is 15.7 Å². The van der Waals surface area contributed by atoms with Gasteiger partial charge in [-0.25, -0.2) is 0 Å². The molecule has 2 N–H and O–H groups in total. The number of hydrogen-bond donors (Lipinski definition) is 2. The monoisotopic (exact) mass is 274 g/mol. The number of piperidine rings is 1. The summed E-state index contributed by atoms with van der Waals surface area (Å²) in [6, 6.07) is 5.52. The van der Waals surface area contributed by atoms with E-state index in [0.29, 0.717) is 6.54 Å². The average Bonchev–Trinajstić information content (AvgIpc) is 3.18. The lowest BCUT2D eigenvalue weighted by molar-refractivity contribution is -0.132. The normalized spacial score (nSPS) is 17.8. The molecule has 1 aliphatic heterocycles. The number of furan rings is 1. The van der Waals surface area contributed by atoms with E-state index in [9.17, 15) is 4.79 Å². The SMILES string of the molecule is O=C(NCc1ccco1)C1(n2cccn2)CCNCC1. The zero-order valence-electron chi connectivity index (χ0n) is 11.2. The Morgan fingerprint density at radius 1 is 1.45 bits per heavy atom. The fraction of sp³-hybridized carbons (Fsp3) is 0.429. The van der Waals surface area contributed by atoms with Gasteiger partial charge >= 0.3 is 0 Å². The summed E-state index contributed by atoms with van der Waals surface area (Å²) in [5.41, 5.74) is -0.596. The predicted molar refractivity (Wildman–Crippen MR) is 72.9 cm³/mol. The molecule has 20 heavy (non-hydrogen) atoms. The zero-order chi connectivity index (χ0) is 13.8. The van der Waals surface area contributed by atoms with Gasteiger partial charge in [-0.1, -0.05) is 0 Å². The Bertz CT molecular complexity index is 542. The third-order valence-electron chi connectivity index (χ3n) is 3.80. The first-order chi connectivity index (χ1) is 9.81. The topological polar surface area (TPSA) is 72.1 Å². The van der Waals surface area contributed by atoms with Gasteiger partial charge in [0.2, 0.25) is 5.91 Å². The van der Waals surface area contributed by atoms with Gasteiger partial charge in [-0.2, -0.15) is 5.10 Å². The van der Waals surface area contributed by atoms with Crippen LogP contribution in [0.15, 0.2) is 41.3 Å². The van der Waals surface area contributed by atoms with Gasteiger partial charge in [0.25, 0.3) is 0 Å². The van der Waals surface area contributed by atoms with Gasteiger partial charge < -0.3 is 15.1 Å². The molecule has 0 unspecified atom stereocenters. The molecule has 1 fully saturated rings. The number of amides is 1. The van der Waals surface area contributed by atoms with Crippen LogP contribution < -0.4 is 10.6 Å². The standard InChI is InChI=1S/C14H18N4O2/c19-13(16-11-12-3-1-10-20-12)14(4-7-15-8-5-14)18-9-2-6-17-18/h1-3,6,9-10,15H,4-5,7-8,11H2,(H,16,19). The minimum absolute atomic E-state index is 0.000833. The Labute approximate surface area is 117 Å². The van der Waals surface area contributed by atoms with Crippen LogP contribution in [0.4, 0.5) is 0 Å². The van der Waals surface area contributed by atoms with Crippen molar-refractivity contribution in [3.63, 3.8) is 0 Å². The van der Waals surface area contributed by atoms with E-state index in [1.54, 1.807) is 17.1 Å². The molecule has 0 aliphatic carbocycles. The van der Waals surface area contributed by atoms with Crippen molar-refractivity contribution in [2.45, 2.75) is 24.9 Å².